The molecule has 1 saturated carbocycles. The third-order valence-corrected chi connectivity index (χ3v) is 2.56. The van der Waals surface area contributed by atoms with Crippen LogP contribution in [-0.2, 0) is 0 Å². The highest BCUT2D eigenvalue weighted by molar-refractivity contribution is 5.85. The van der Waals surface area contributed by atoms with Crippen LogP contribution in [0, 0.1) is 0 Å². The van der Waals surface area contributed by atoms with Gasteiger partial charge >= 0.3 is 0 Å². The van der Waals surface area contributed by atoms with E-state index in [1.165, 1.54) is 0 Å². The lowest BCUT2D eigenvalue weighted by atomic mass is 9.67. The van der Waals surface area contributed by atoms with E-state index in [2.05, 4.69) is 5.32 Å². The van der Waals surface area contributed by atoms with Crippen molar-refractivity contribution in [3.8, 4) is 0 Å². The van der Waals surface area contributed by atoms with Crippen molar-refractivity contribution in [1.82, 2.24) is 5.32 Å². The molecule has 1 N–H and O–H groups in total. The molecule has 1 saturated heterocycles. The van der Waals surface area contributed by atoms with Gasteiger partial charge in [-0.15, -0.1) is 12.4 Å². The summed E-state index contributed by atoms with van der Waals surface area (Å²) >= 11 is 0. The van der Waals surface area contributed by atoms with Crippen LogP contribution in [0.4, 0.5) is 8.78 Å². The molecule has 1 heterocycles. The molecule has 0 bridgehead atoms. The van der Waals surface area contributed by atoms with Gasteiger partial charge in [0.25, 0.3) is 5.92 Å². The summed E-state index contributed by atoms with van der Waals surface area (Å²) in [6, 6.07) is 0. The van der Waals surface area contributed by atoms with Crippen LogP contribution in [0.25, 0.3) is 0 Å². The molecule has 1 aliphatic heterocycles. The third-order valence-electron chi connectivity index (χ3n) is 2.56. The quantitative estimate of drug-likeness (QED) is 0.581. The fourth-order valence-electron chi connectivity index (χ4n) is 1.54. The Kier molecular flexibility index (Phi) is 1.68. The number of hydrogen-bond acceptors (Lipinski definition) is 1. The zero-order valence-corrected chi connectivity index (χ0v) is 6.31. The van der Waals surface area contributed by atoms with Crippen molar-refractivity contribution < 1.29 is 8.78 Å². The number of nitrogens with one attached hydrogen (secondary N) is 1. The first-order chi connectivity index (χ1) is 4.16. The maximum atomic E-state index is 12.6. The van der Waals surface area contributed by atoms with Crippen molar-refractivity contribution in [3.63, 3.8) is 0 Å². The first-order valence-electron chi connectivity index (χ1n) is 3.29. The molecule has 0 atom stereocenters. The molecule has 2 fully saturated rings. The first kappa shape index (κ1) is 8.21. The van der Waals surface area contributed by atoms with Gasteiger partial charge in [0.05, 0.1) is 12.1 Å². The van der Waals surface area contributed by atoms with Crippen molar-refractivity contribution in [3.05, 3.63) is 0 Å². The summed E-state index contributed by atoms with van der Waals surface area (Å²) in [6.07, 6.45) is 2.29. The normalized spacial score (nSPS) is 31.8. The molecule has 0 unspecified atom stereocenters. The van der Waals surface area contributed by atoms with Crippen LogP contribution in [0.2, 0.25) is 0 Å². The first-order valence-corrected chi connectivity index (χ1v) is 3.29. The fourth-order valence-corrected chi connectivity index (χ4v) is 1.54. The maximum absolute atomic E-state index is 12.6. The Morgan fingerprint density at radius 3 is 1.80 bits per heavy atom. The van der Waals surface area contributed by atoms with E-state index in [4.69, 9.17) is 0 Å². The lowest BCUT2D eigenvalue weighted by molar-refractivity contribution is -0.186. The zero-order valence-electron chi connectivity index (χ0n) is 5.49. The highest BCUT2D eigenvalue weighted by atomic mass is 35.5. The maximum Gasteiger partial charge on any atom is 0.278 e. The van der Waals surface area contributed by atoms with Crippen LogP contribution < -0.4 is 5.32 Å². The summed E-state index contributed by atoms with van der Waals surface area (Å²) in [6.45, 7) is -0.104. The molecule has 0 aromatic heterocycles. The van der Waals surface area contributed by atoms with Gasteiger partial charge in [0.1, 0.15) is 0 Å². The van der Waals surface area contributed by atoms with Crippen LogP contribution in [0.15, 0.2) is 0 Å². The molecule has 1 spiro atoms. The smallest absolute Gasteiger partial charge is 0.278 e. The molecule has 60 valence electrons. The van der Waals surface area contributed by atoms with Crippen LogP contribution in [0.5, 0.6) is 0 Å². The van der Waals surface area contributed by atoms with E-state index in [0.29, 0.717) is 12.8 Å². The molecule has 0 amide bonds. The summed E-state index contributed by atoms with van der Waals surface area (Å²) in [5, 5.41) is 2.80. The minimum atomic E-state index is -2.40. The second-order valence-electron chi connectivity index (χ2n) is 2.99. The highest BCUT2D eigenvalue weighted by Gasteiger charge is 2.64. The van der Waals surface area contributed by atoms with E-state index >= 15 is 0 Å². The fraction of sp³-hybridized carbons (Fsp3) is 1.00. The van der Waals surface area contributed by atoms with E-state index in [1.807, 2.05) is 0 Å². The van der Waals surface area contributed by atoms with Gasteiger partial charge in [0.2, 0.25) is 0 Å². The van der Waals surface area contributed by atoms with Crippen molar-refractivity contribution in [2.75, 3.05) is 6.54 Å². The molecule has 0 aromatic rings. The molecule has 0 aromatic carbocycles. The summed E-state index contributed by atoms with van der Waals surface area (Å²) in [5.41, 5.74) is -0.743. The minimum Gasteiger partial charge on any atom is -0.300 e. The SMILES string of the molecule is Cl.FC1(F)CNC12CCC2. The Hall–Kier alpha value is 0.110. The standard InChI is InChI=1S/C6H9F2N.ClH/c7-6(8)4-9-5(6)2-1-3-5;/h9H,1-4H2;1H. The molecular formula is C6H10ClF2N. The van der Waals surface area contributed by atoms with Gasteiger partial charge in [-0.3, -0.25) is 0 Å². The summed E-state index contributed by atoms with van der Waals surface area (Å²) < 4.78 is 25.2. The van der Waals surface area contributed by atoms with Gasteiger partial charge in [-0.2, -0.15) is 0 Å². The summed E-state index contributed by atoms with van der Waals surface area (Å²) in [4.78, 5) is 0. The van der Waals surface area contributed by atoms with E-state index in [1.54, 1.807) is 0 Å². The van der Waals surface area contributed by atoms with Gasteiger partial charge in [-0.25, -0.2) is 8.78 Å². The summed E-state index contributed by atoms with van der Waals surface area (Å²) in [7, 11) is 0. The van der Waals surface area contributed by atoms with Gasteiger partial charge < -0.3 is 5.32 Å². The van der Waals surface area contributed by atoms with Gasteiger partial charge in [-0.05, 0) is 19.3 Å². The largest absolute Gasteiger partial charge is 0.300 e. The average Bonchev–Trinajstić information content (AvgIpc) is 1.59. The second-order valence-corrected chi connectivity index (χ2v) is 2.99. The van der Waals surface area contributed by atoms with Crippen LogP contribution in [0.3, 0.4) is 0 Å². The van der Waals surface area contributed by atoms with E-state index in [9.17, 15) is 8.78 Å². The van der Waals surface area contributed by atoms with Gasteiger partial charge in [0.15, 0.2) is 0 Å². The Bertz CT molecular complexity index is 139. The van der Waals surface area contributed by atoms with Crippen LogP contribution >= 0.6 is 12.4 Å². The average molecular weight is 170 g/mol. The predicted octanol–water partition coefficient (Wildman–Crippen LogP) is 1.57. The number of halogens is 3. The summed E-state index contributed by atoms with van der Waals surface area (Å²) in [5.74, 6) is -2.40. The van der Waals surface area contributed by atoms with E-state index in [0.717, 1.165) is 6.42 Å². The molecule has 4 heteroatoms. The zero-order chi connectivity index (χ0) is 6.54. The van der Waals surface area contributed by atoms with Crippen LogP contribution in [0.1, 0.15) is 19.3 Å². The molecule has 2 rings (SSSR count). The van der Waals surface area contributed by atoms with Crippen molar-refractivity contribution >= 4 is 12.4 Å². The number of rotatable bonds is 0. The lowest BCUT2D eigenvalue weighted by Crippen LogP contribution is -2.76. The topological polar surface area (TPSA) is 12.0 Å². The third kappa shape index (κ3) is 0.705. The van der Waals surface area contributed by atoms with Crippen molar-refractivity contribution in [1.29, 1.82) is 0 Å². The minimum absolute atomic E-state index is 0. The number of alkyl halides is 2. The number of hydrogen-bond donors (Lipinski definition) is 1. The molecule has 2 aliphatic rings. The Morgan fingerprint density at radius 1 is 1.20 bits per heavy atom. The van der Waals surface area contributed by atoms with E-state index in [-0.39, 0.29) is 19.0 Å². The molecule has 0 radical (unpaired) electrons. The van der Waals surface area contributed by atoms with E-state index < -0.39 is 11.5 Å². The molecule has 10 heavy (non-hydrogen) atoms. The second kappa shape index (κ2) is 2.05. The van der Waals surface area contributed by atoms with Gasteiger partial charge in [0, 0.05) is 0 Å². The monoisotopic (exact) mass is 169 g/mol. The Balaban J connectivity index is 0.000000500. The van der Waals surface area contributed by atoms with Crippen molar-refractivity contribution in [2.45, 2.75) is 30.7 Å². The van der Waals surface area contributed by atoms with Crippen LogP contribution in [-0.4, -0.2) is 18.0 Å². The van der Waals surface area contributed by atoms with Gasteiger partial charge in [-0.1, -0.05) is 0 Å². The Labute approximate surface area is 64.6 Å². The molecule has 1 aliphatic carbocycles. The van der Waals surface area contributed by atoms with Crippen molar-refractivity contribution in [2.24, 2.45) is 0 Å². The molecular weight excluding hydrogens is 160 g/mol. The predicted molar refractivity (Wildman–Crippen MR) is 36.8 cm³/mol. The highest BCUT2D eigenvalue weighted by Crippen LogP contribution is 2.49. The lowest BCUT2D eigenvalue weighted by Gasteiger charge is -2.55. The molecule has 1 nitrogen and oxygen atoms in total. The Morgan fingerprint density at radius 2 is 1.80 bits per heavy atom.